The summed E-state index contributed by atoms with van der Waals surface area (Å²) in [7, 11) is 0.400. The van der Waals surface area contributed by atoms with Crippen molar-refractivity contribution in [1.82, 2.24) is 19.5 Å². The molecule has 0 aliphatic carbocycles. The molecule has 1 atom stereocenters. The molecule has 1 unspecified atom stereocenters. The average Bonchev–Trinajstić information content (AvgIpc) is 3.17. The normalized spacial score (nSPS) is 13.5. The van der Waals surface area contributed by atoms with Crippen LogP contribution in [-0.4, -0.2) is 29.5 Å². The van der Waals surface area contributed by atoms with E-state index in [0.29, 0.717) is 31.5 Å². The molecule has 0 bridgehead atoms. The first-order valence-corrected chi connectivity index (χ1v) is 10.7. The van der Waals surface area contributed by atoms with Crippen LogP contribution in [0.3, 0.4) is 0 Å². The van der Waals surface area contributed by atoms with Gasteiger partial charge in [-0.05, 0) is 30.4 Å². The van der Waals surface area contributed by atoms with Gasteiger partial charge in [-0.1, -0.05) is 6.92 Å². The number of nitrogens with one attached hydrogen (secondary N) is 1. The van der Waals surface area contributed by atoms with Crippen LogP contribution in [0.15, 0.2) is 29.3 Å². The van der Waals surface area contributed by atoms with Gasteiger partial charge in [-0.15, -0.1) is 11.3 Å². The van der Waals surface area contributed by atoms with Crippen LogP contribution in [-0.2, 0) is 24.0 Å². The summed E-state index contributed by atoms with van der Waals surface area (Å²) in [4.78, 5) is 11.5. The number of alkyl halides is 3. The molecular formula is C17H13F3N4OS3. The van der Waals surface area contributed by atoms with E-state index in [-0.39, 0.29) is 5.52 Å². The Morgan fingerprint density at radius 1 is 1.32 bits per heavy atom. The molecule has 146 valence electrons. The number of hydrogen-bond donors (Lipinski definition) is 1. The fraction of sp³-hybridized carbons (Fsp3) is 0.235. The minimum Gasteiger partial charge on any atom is -0.337 e. The number of imidazole rings is 1. The third-order valence-electron chi connectivity index (χ3n) is 4.33. The van der Waals surface area contributed by atoms with E-state index in [4.69, 9.17) is 12.2 Å². The Morgan fingerprint density at radius 3 is 2.75 bits per heavy atom. The topological polar surface area (TPSA) is 63.6 Å². The summed E-state index contributed by atoms with van der Waals surface area (Å²) in [5, 5.41) is 0. The number of benzene rings is 1. The van der Waals surface area contributed by atoms with E-state index in [0.717, 1.165) is 22.5 Å². The summed E-state index contributed by atoms with van der Waals surface area (Å²) >= 11 is 6.56. The van der Waals surface area contributed by atoms with Gasteiger partial charge in [0.2, 0.25) is 0 Å². The predicted molar refractivity (Wildman–Crippen MR) is 106 cm³/mol. The van der Waals surface area contributed by atoms with Crippen LogP contribution in [0.25, 0.3) is 32.6 Å². The Hall–Kier alpha value is -2.11. The van der Waals surface area contributed by atoms with Gasteiger partial charge in [-0.2, -0.15) is 13.2 Å². The fourth-order valence-electron chi connectivity index (χ4n) is 2.98. The van der Waals surface area contributed by atoms with Crippen LogP contribution in [0.1, 0.15) is 12.6 Å². The average molecular weight is 443 g/mol. The molecule has 0 saturated carbocycles. The van der Waals surface area contributed by atoms with Crippen molar-refractivity contribution in [3.05, 3.63) is 34.0 Å². The molecule has 4 aromatic rings. The van der Waals surface area contributed by atoms with E-state index in [1.165, 1.54) is 11.3 Å². The smallest absolute Gasteiger partial charge is 0.337 e. The number of rotatable bonds is 3. The van der Waals surface area contributed by atoms with Crippen LogP contribution >= 0.6 is 23.6 Å². The van der Waals surface area contributed by atoms with E-state index in [1.54, 1.807) is 24.6 Å². The maximum atomic E-state index is 13.0. The number of fused-ring (bicyclic) bond motifs is 2. The first-order chi connectivity index (χ1) is 13.2. The Bertz CT molecular complexity index is 1300. The van der Waals surface area contributed by atoms with Gasteiger partial charge in [0.15, 0.2) is 3.95 Å². The van der Waals surface area contributed by atoms with Crippen molar-refractivity contribution in [1.29, 1.82) is 0 Å². The van der Waals surface area contributed by atoms with Gasteiger partial charge in [0, 0.05) is 18.4 Å². The van der Waals surface area contributed by atoms with Gasteiger partial charge < -0.3 is 9.55 Å². The second-order valence-electron chi connectivity index (χ2n) is 6.04. The maximum absolute atomic E-state index is 13.0. The van der Waals surface area contributed by atoms with Crippen LogP contribution in [0.2, 0.25) is 0 Å². The lowest BCUT2D eigenvalue weighted by Crippen LogP contribution is -2.07. The first kappa shape index (κ1) is 19.2. The summed E-state index contributed by atoms with van der Waals surface area (Å²) < 4.78 is 54.7. The Kier molecular flexibility index (Phi) is 4.63. The number of aromatic amines is 1. The molecule has 0 saturated heterocycles. The molecule has 0 fully saturated rings. The minimum absolute atomic E-state index is 0.176. The zero-order valence-electron chi connectivity index (χ0n) is 14.6. The number of aromatic nitrogens is 4. The van der Waals surface area contributed by atoms with Gasteiger partial charge >= 0.3 is 6.18 Å². The maximum Gasteiger partial charge on any atom is 0.433 e. The molecule has 3 aromatic heterocycles. The van der Waals surface area contributed by atoms with Gasteiger partial charge in [0.25, 0.3) is 0 Å². The van der Waals surface area contributed by atoms with E-state index in [9.17, 15) is 17.4 Å². The molecule has 1 aromatic carbocycles. The number of hydrogen-bond acceptors (Lipinski definition) is 5. The van der Waals surface area contributed by atoms with Crippen LogP contribution in [0.4, 0.5) is 13.2 Å². The number of nitrogens with zero attached hydrogens (tertiary/aromatic N) is 3. The summed E-state index contributed by atoms with van der Waals surface area (Å²) in [6.45, 7) is 1.80. The van der Waals surface area contributed by atoms with Crippen LogP contribution < -0.4 is 0 Å². The van der Waals surface area contributed by atoms with Crippen LogP contribution in [0, 0.1) is 3.95 Å². The summed E-state index contributed by atoms with van der Waals surface area (Å²) in [5.74, 6) is 0.821. The molecule has 1 N–H and O–H groups in total. The van der Waals surface area contributed by atoms with Crippen molar-refractivity contribution >= 4 is 55.6 Å². The van der Waals surface area contributed by atoms with Crippen LogP contribution in [0.5, 0.6) is 0 Å². The SMILES string of the molecule is CCS(=O)c1cc2[nH]c(=S)sc2cc1-c1nc2cc(C(F)(F)F)ncc2n1C. The highest BCUT2D eigenvalue weighted by Gasteiger charge is 2.33. The first-order valence-electron chi connectivity index (χ1n) is 8.14. The van der Waals surface area contributed by atoms with Crippen molar-refractivity contribution in [3.63, 3.8) is 0 Å². The van der Waals surface area contributed by atoms with Crippen molar-refractivity contribution in [2.45, 2.75) is 18.0 Å². The zero-order chi connectivity index (χ0) is 20.2. The van der Waals surface area contributed by atoms with Gasteiger partial charge in [0.05, 0.1) is 43.1 Å². The van der Waals surface area contributed by atoms with Crippen molar-refractivity contribution in [3.8, 4) is 11.4 Å². The third kappa shape index (κ3) is 3.16. The van der Waals surface area contributed by atoms with E-state index >= 15 is 0 Å². The van der Waals surface area contributed by atoms with Crippen molar-refractivity contribution < 1.29 is 17.4 Å². The van der Waals surface area contributed by atoms with Crippen molar-refractivity contribution in [2.75, 3.05) is 5.75 Å². The largest absolute Gasteiger partial charge is 0.433 e. The molecule has 4 rings (SSSR count). The highest BCUT2D eigenvalue weighted by Crippen LogP contribution is 2.35. The summed E-state index contributed by atoms with van der Waals surface area (Å²) in [5.41, 5.74) is 1.01. The summed E-state index contributed by atoms with van der Waals surface area (Å²) in [6, 6.07) is 4.53. The molecular weight excluding hydrogens is 429 g/mol. The fourth-order valence-corrected chi connectivity index (χ4v) is 5.07. The van der Waals surface area contributed by atoms with Gasteiger partial charge in [0.1, 0.15) is 11.5 Å². The Morgan fingerprint density at radius 2 is 2.07 bits per heavy atom. The molecule has 0 aliphatic rings. The molecule has 3 heterocycles. The second kappa shape index (κ2) is 6.75. The zero-order valence-corrected chi connectivity index (χ0v) is 17.1. The third-order valence-corrected chi connectivity index (χ3v) is 6.88. The number of aryl methyl sites for hydroxylation is 1. The number of H-pyrrole nitrogens is 1. The van der Waals surface area contributed by atoms with Crippen molar-refractivity contribution in [2.24, 2.45) is 7.05 Å². The molecule has 28 heavy (non-hydrogen) atoms. The highest BCUT2D eigenvalue weighted by atomic mass is 32.2. The van der Waals surface area contributed by atoms with E-state index < -0.39 is 22.7 Å². The Balaban J connectivity index is 2.01. The molecule has 0 spiro atoms. The predicted octanol–water partition coefficient (Wildman–Crippen LogP) is 5.05. The standard InChI is InChI=1S/C17H13F3N4OS3/c1-3-28(25)13-5-10-12(27-16(26)23-10)4-8(13)15-22-9-6-14(17(18,19)20)21-7-11(9)24(15)2/h4-7H,3H2,1-2H3,(H,23,26). The lowest BCUT2D eigenvalue weighted by Gasteiger charge is -2.09. The second-order valence-corrected chi connectivity index (χ2v) is 9.47. The molecule has 0 radical (unpaired) electrons. The highest BCUT2D eigenvalue weighted by molar-refractivity contribution is 7.85. The monoisotopic (exact) mass is 442 g/mol. The summed E-state index contributed by atoms with van der Waals surface area (Å²) in [6.07, 6.45) is -3.39. The molecule has 0 amide bonds. The number of halogens is 3. The van der Waals surface area contributed by atoms with E-state index in [1.807, 2.05) is 6.07 Å². The van der Waals surface area contributed by atoms with Gasteiger partial charge in [-0.25, -0.2) is 9.97 Å². The van der Waals surface area contributed by atoms with Gasteiger partial charge in [-0.3, -0.25) is 4.21 Å². The quantitative estimate of drug-likeness (QED) is 0.451. The lowest BCUT2D eigenvalue weighted by molar-refractivity contribution is -0.141. The lowest BCUT2D eigenvalue weighted by atomic mass is 10.2. The van der Waals surface area contributed by atoms with E-state index in [2.05, 4.69) is 15.0 Å². The number of thiazole rings is 1. The number of pyridine rings is 1. The molecule has 0 aliphatic heterocycles. The molecule has 5 nitrogen and oxygen atoms in total. The Labute approximate surface area is 168 Å². The molecule has 11 heteroatoms. The minimum atomic E-state index is -4.55.